The van der Waals surface area contributed by atoms with Gasteiger partial charge in [-0.2, -0.15) is 0 Å². The first-order valence-corrected chi connectivity index (χ1v) is 32.5. The lowest BCUT2D eigenvalue weighted by atomic mass is 10.0. The Morgan fingerprint density at radius 3 is 0.724 bits per heavy atom. The van der Waals surface area contributed by atoms with Gasteiger partial charge in [0.1, 0.15) is 6.29 Å². The fourth-order valence-corrected chi connectivity index (χ4v) is 10.3. The molecule has 0 unspecified atom stereocenters. The molecule has 460 valence electrons. The highest BCUT2D eigenvalue weighted by Gasteiger charge is 2.19. The van der Waals surface area contributed by atoms with Crippen LogP contribution in [0.25, 0.3) is 90.9 Å². The number of nitrogens with one attached hydrogen (secondary N) is 3. The average Bonchev–Trinajstić information content (AvgIpc) is 3.61. The van der Waals surface area contributed by atoms with Gasteiger partial charge < -0.3 is 15.0 Å². The number of fused-ring (bicyclic) bond motifs is 8. The van der Waals surface area contributed by atoms with Gasteiger partial charge in [0.05, 0.1) is 22.8 Å². The van der Waals surface area contributed by atoms with Gasteiger partial charge in [-0.3, -0.25) is 4.79 Å². The minimum atomic E-state index is 0. The maximum absolute atomic E-state index is 10.3. The third-order valence-corrected chi connectivity index (χ3v) is 14.0. The Balaban J connectivity index is 0.000000619. The number of H-pyrrole nitrogens is 3. The van der Waals surface area contributed by atoms with Crippen LogP contribution in [0.2, 0.25) is 0 Å². The lowest BCUT2D eigenvalue weighted by molar-refractivity contribution is 0.112. The largest absolute Gasteiger partial charge is 0.368 e. The van der Waals surface area contributed by atoms with E-state index < -0.39 is 0 Å². The number of carbonyl (C=O) groups excluding carboxylic acids is 1. The molecule has 0 radical (unpaired) electrons. The van der Waals surface area contributed by atoms with Crippen LogP contribution < -0.4 is 0 Å². The van der Waals surface area contributed by atoms with Crippen molar-refractivity contribution in [3.8, 4) is 44.5 Å². The van der Waals surface area contributed by atoms with Gasteiger partial charge in [-0.05, 0) is 143 Å². The molecule has 87 heavy (non-hydrogen) atoms. The number of nitrogens with zero attached hydrogens (tertiary/aromatic N) is 2. The molecule has 2 aliphatic heterocycles. The molecule has 11 rings (SSSR count). The predicted molar refractivity (Wildman–Crippen MR) is 387 cm³/mol. The predicted octanol–water partition coefficient (Wildman–Crippen LogP) is 24.4. The third kappa shape index (κ3) is 20.4. The zero-order valence-electron chi connectivity index (χ0n) is 54.9. The van der Waals surface area contributed by atoms with Gasteiger partial charge in [-0.1, -0.05) is 265 Å². The zero-order chi connectivity index (χ0) is 62.6. The van der Waals surface area contributed by atoms with Gasteiger partial charge in [0.15, 0.2) is 0 Å². The second-order valence-corrected chi connectivity index (χ2v) is 19.8. The van der Waals surface area contributed by atoms with E-state index in [4.69, 9.17) is 9.97 Å². The van der Waals surface area contributed by atoms with Crippen molar-refractivity contribution < 1.29 is 4.79 Å². The molecular weight excluding hydrogens is 1060 g/mol. The second kappa shape index (κ2) is 40.9. The van der Waals surface area contributed by atoms with Crippen LogP contribution in [0, 0.1) is 0 Å². The Bertz CT molecular complexity index is 3150. The number of hydrogen-bond donors (Lipinski definition) is 3. The summed E-state index contributed by atoms with van der Waals surface area (Å²) in [6.45, 7) is 31.1. The van der Waals surface area contributed by atoms with Crippen molar-refractivity contribution in [3.63, 3.8) is 0 Å². The number of hydrogen-bond acceptors (Lipinski definition) is 3. The molecule has 9 aromatic rings. The highest BCUT2D eigenvalue weighted by atomic mass is 16.1. The van der Waals surface area contributed by atoms with Crippen molar-refractivity contribution in [2.45, 2.75) is 175 Å². The maximum Gasteiger partial charge on any atom is 0.150 e. The van der Waals surface area contributed by atoms with Crippen LogP contribution in [-0.2, 0) is 32.1 Å². The first-order valence-electron chi connectivity index (χ1n) is 32.5. The van der Waals surface area contributed by atoms with Gasteiger partial charge in [0, 0.05) is 62.3 Å². The first kappa shape index (κ1) is 72.9. The minimum absolute atomic E-state index is 0. The standard InChI is InChI=1S/C56H54N4.C10H12O.C4H5N.5C2H6.CH4/c1-5-9-37-13-21-41(22-14-37)53-45-29-31-47(57-45)54(42-23-15-38(10-6-2)16-24-42)49-33-35-51(59-49)56(44-27-19-40(12-8-4)20-28-44)52-36-34-50(60-52)55(48-32-30-46(53)58-48)43-25-17-39(11-7-3)18-26-43;1-2-3-9-4-6-10(8-11)7-5-9;1-2-4-5-3-1;5*1-2;/h13-36,57,60H,5-12H2,1-4H3;4-8H,2-3H2,1H3;1-5H;5*1-2H3;1H4. The molecule has 6 nitrogen and oxygen atoms in total. The summed E-state index contributed by atoms with van der Waals surface area (Å²) in [5.74, 6) is 0. The van der Waals surface area contributed by atoms with E-state index in [-0.39, 0.29) is 7.43 Å². The van der Waals surface area contributed by atoms with Crippen molar-refractivity contribution in [3.05, 3.63) is 226 Å². The highest BCUT2D eigenvalue weighted by Crippen LogP contribution is 2.39. The molecule has 8 bridgehead atoms. The normalized spacial score (nSPS) is 10.3. The summed E-state index contributed by atoms with van der Waals surface area (Å²) < 4.78 is 0. The fraction of sp³-hybridized carbons (Fsp3) is 0.321. The first-order chi connectivity index (χ1) is 42.4. The Morgan fingerprint density at radius 1 is 0.322 bits per heavy atom. The van der Waals surface area contributed by atoms with Crippen LogP contribution in [0.3, 0.4) is 0 Å². The molecule has 6 heterocycles. The van der Waals surface area contributed by atoms with Crippen molar-refractivity contribution in [2.24, 2.45) is 0 Å². The molecule has 0 saturated heterocycles. The smallest absolute Gasteiger partial charge is 0.150 e. The molecule has 0 amide bonds. The van der Waals surface area contributed by atoms with Crippen LogP contribution in [0.1, 0.15) is 204 Å². The van der Waals surface area contributed by atoms with E-state index in [0.29, 0.717) is 0 Å². The number of carbonyl (C=O) groups is 1. The van der Waals surface area contributed by atoms with E-state index in [1.807, 2.05) is 118 Å². The summed E-state index contributed by atoms with van der Waals surface area (Å²) in [6, 6.07) is 56.7. The minimum Gasteiger partial charge on any atom is -0.368 e. The van der Waals surface area contributed by atoms with Gasteiger partial charge in [-0.15, -0.1) is 0 Å². The van der Waals surface area contributed by atoms with E-state index >= 15 is 0 Å². The van der Waals surface area contributed by atoms with Crippen molar-refractivity contribution in [2.75, 3.05) is 0 Å². The van der Waals surface area contributed by atoms with Gasteiger partial charge in [0.25, 0.3) is 0 Å². The highest BCUT2D eigenvalue weighted by molar-refractivity contribution is 6.00. The van der Waals surface area contributed by atoms with Crippen LogP contribution in [-0.4, -0.2) is 31.2 Å². The average molecular weight is 1160 g/mol. The second-order valence-electron chi connectivity index (χ2n) is 19.8. The third-order valence-electron chi connectivity index (χ3n) is 14.0. The summed E-state index contributed by atoms with van der Waals surface area (Å²) in [4.78, 5) is 32.0. The Labute approximate surface area is 525 Å². The van der Waals surface area contributed by atoms with E-state index in [2.05, 4.69) is 195 Å². The van der Waals surface area contributed by atoms with E-state index in [1.165, 1.54) is 27.8 Å². The maximum atomic E-state index is 10.3. The fourth-order valence-electron chi connectivity index (χ4n) is 10.3. The monoisotopic (exact) mass is 1160 g/mol. The number of aromatic amines is 3. The van der Waals surface area contributed by atoms with E-state index in [1.54, 1.807) is 0 Å². The molecule has 2 aliphatic rings. The number of aryl methyl sites for hydroxylation is 5. The molecule has 4 aromatic heterocycles. The lowest BCUT2D eigenvalue weighted by Crippen LogP contribution is -1.91. The summed E-state index contributed by atoms with van der Waals surface area (Å²) >= 11 is 0. The number of aromatic nitrogens is 5. The molecule has 0 saturated carbocycles. The summed E-state index contributed by atoms with van der Waals surface area (Å²) in [5, 5.41) is 0. The van der Waals surface area contributed by atoms with Crippen LogP contribution in [0.15, 0.2) is 170 Å². The summed E-state index contributed by atoms with van der Waals surface area (Å²) in [7, 11) is 0. The molecule has 0 fully saturated rings. The number of aldehydes is 1. The molecule has 3 N–H and O–H groups in total. The van der Waals surface area contributed by atoms with Gasteiger partial charge >= 0.3 is 0 Å². The van der Waals surface area contributed by atoms with E-state index in [9.17, 15) is 4.79 Å². The SMILES string of the molecule is C.CC.CC.CC.CC.CC.CCCc1ccc(-c2c3nc(c(-c4ccc(CCC)cc4)c4ccc([nH]4)c(-c4ccc(CCC)cc4)c4nc(c(-c5ccc(CCC)cc5)c5ccc2[nH]5)C=C4)C=C3)cc1.CCCc1ccc(C=O)cc1.c1cc[nH]c1. The zero-order valence-corrected chi connectivity index (χ0v) is 54.9. The quantitative estimate of drug-likeness (QED) is 0.0894. The number of rotatable bonds is 15. The summed E-state index contributed by atoms with van der Waals surface area (Å²) in [6.07, 6.45) is 24.3. The molecule has 5 aromatic carbocycles. The van der Waals surface area contributed by atoms with Crippen molar-refractivity contribution in [1.82, 2.24) is 24.9 Å². The molecule has 0 atom stereocenters. The van der Waals surface area contributed by atoms with E-state index in [0.717, 1.165) is 165 Å². The lowest BCUT2D eigenvalue weighted by Gasteiger charge is -2.08. The van der Waals surface area contributed by atoms with Crippen LogP contribution >= 0.6 is 0 Å². The van der Waals surface area contributed by atoms with Gasteiger partial charge in [-0.25, -0.2) is 9.97 Å². The Morgan fingerprint density at radius 2 is 0.540 bits per heavy atom. The Kier molecular flexibility index (Phi) is 34.3. The number of benzene rings is 5. The van der Waals surface area contributed by atoms with Crippen LogP contribution in [0.4, 0.5) is 0 Å². The molecule has 0 aliphatic carbocycles. The summed E-state index contributed by atoms with van der Waals surface area (Å²) in [5.41, 5.74) is 24.0. The Hall–Kier alpha value is -8.35. The van der Waals surface area contributed by atoms with Crippen molar-refractivity contribution in [1.29, 1.82) is 0 Å². The topological polar surface area (TPSA) is 90.2 Å². The molecule has 6 heteroatoms. The molecule has 0 spiro atoms. The van der Waals surface area contributed by atoms with Crippen molar-refractivity contribution >= 4 is 52.7 Å². The van der Waals surface area contributed by atoms with Gasteiger partial charge in [0.2, 0.25) is 0 Å². The molecular formula is C81H105N5O. The van der Waals surface area contributed by atoms with Crippen LogP contribution in [0.5, 0.6) is 0 Å².